The van der Waals surface area contributed by atoms with Crippen LogP contribution in [0.4, 0.5) is 0 Å². The Morgan fingerprint density at radius 2 is 1.93 bits per heavy atom. The summed E-state index contributed by atoms with van der Waals surface area (Å²) in [5.74, 6) is -0.989. The number of ether oxygens (including phenoxy) is 3. The number of benzene rings is 1. The van der Waals surface area contributed by atoms with Gasteiger partial charge in [-0.15, -0.1) is 11.3 Å². The highest BCUT2D eigenvalue weighted by Crippen LogP contribution is 2.37. The molecule has 4 aromatic rings. The van der Waals surface area contributed by atoms with Crippen molar-refractivity contribution in [2.24, 2.45) is 0 Å². The molecule has 43 heavy (non-hydrogen) atoms. The normalized spacial score (nSPS) is 15.4. The molecule has 12 heteroatoms. The zero-order valence-corrected chi connectivity index (χ0v) is 25.8. The topological polar surface area (TPSA) is 135 Å². The molecule has 1 fully saturated rings. The number of oxazole rings is 1. The van der Waals surface area contributed by atoms with Crippen molar-refractivity contribution in [3.05, 3.63) is 74.3 Å². The SMILES string of the molecule is Cc1c(-c2ncco2)sc2c1c(=O)n(C(C)(C)C(=O)O)c(=O)n2C[C@@H](OC1CCOCC1)c1ccccc1COC(C)C. The molecule has 0 saturated carbocycles. The second-order valence-electron chi connectivity index (χ2n) is 11.5. The van der Waals surface area contributed by atoms with Crippen molar-refractivity contribution in [3.8, 4) is 10.8 Å². The monoisotopic (exact) mass is 611 g/mol. The smallest absolute Gasteiger partial charge is 0.333 e. The van der Waals surface area contributed by atoms with Crippen molar-refractivity contribution in [2.45, 2.75) is 84.5 Å². The molecule has 1 aromatic carbocycles. The summed E-state index contributed by atoms with van der Waals surface area (Å²) in [5.41, 5.74) is -0.902. The number of carboxylic acid groups (broad SMARTS) is 1. The fourth-order valence-corrected chi connectivity index (χ4v) is 6.54. The molecular formula is C31H37N3O8S. The Kier molecular flexibility index (Phi) is 9.02. The van der Waals surface area contributed by atoms with Crippen molar-refractivity contribution < 1.29 is 28.5 Å². The van der Waals surface area contributed by atoms with Crippen LogP contribution in [-0.4, -0.2) is 50.6 Å². The molecule has 1 aliphatic heterocycles. The minimum Gasteiger partial charge on any atom is -0.480 e. The molecule has 4 heterocycles. The molecule has 1 saturated heterocycles. The van der Waals surface area contributed by atoms with Gasteiger partial charge in [0.2, 0.25) is 5.89 Å². The minimum absolute atomic E-state index is 0.00898. The summed E-state index contributed by atoms with van der Waals surface area (Å²) in [5, 5.41) is 10.3. The van der Waals surface area contributed by atoms with E-state index >= 15 is 0 Å². The zero-order chi connectivity index (χ0) is 30.9. The van der Waals surface area contributed by atoms with Crippen LogP contribution in [-0.2, 0) is 37.7 Å². The van der Waals surface area contributed by atoms with Crippen LogP contribution in [0, 0.1) is 6.92 Å². The van der Waals surface area contributed by atoms with Gasteiger partial charge in [-0.3, -0.25) is 9.36 Å². The highest BCUT2D eigenvalue weighted by molar-refractivity contribution is 7.22. The van der Waals surface area contributed by atoms with Gasteiger partial charge in [0.15, 0.2) is 0 Å². The maximum Gasteiger partial charge on any atom is 0.333 e. The van der Waals surface area contributed by atoms with E-state index in [0.29, 0.717) is 53.8 Å². The second-order valence-corrected chi connectivity index (χ2v) is 12.5. The maximum atomic E-state index is 14.3. The first-order valence-corrected chi connectivity index (χ1v) is 15.2. The number of thiophene rings is 1. The van der Waals surface area contributed by atoms with Gasteiger partial charge in [-0.1, -0.05) is 24.3 Å². The van der Waals surface area contributed by atoms with E-state index in [-0.39, 0.29) is 24.1 Å². The van der Waals surface area contributed by atoms with Crippen LogP contribution in [0.25, 0.3) is 21.0 Å². The van der Waals surface area contributed by atoms with E-state index < -0.39 is 28.9 Å². The first kappa shape index (κ1) is 30.9. The Labute approximate surface area is 252 Å². The van der Waals surface area contributed by atoms with Gasteiger partial charge in [0.25, 0.3) is 5.56 Å². The molecule has 0 amide bonds. The van der Waals surface area contributed by atoms with Gasteiger partial charge in [-0.25, -0.2) is 19.1 Å². The zero-order valence-electron chi connectivity index (χ0n) is 25.0. The van der Waals surface area contributed by atoms with Crippen LogP contribution in [0.15, 0.2) is 50.7 Å². The molecule has 5 rings (SSSR count). The first-order valence-electron chi connectivity index (χ1n) is 14.4. The number of aliphatic carboxylic acids is 1. The summed E-state index contributed by atoms with van der Waals surface area (Å²) < 4.78 is 26.1. The minimum atomic E-state index is -1.82. The van der Waals surface area contributed by atoms with Gasteiger partial charge < -0.3 is 23.7 Å². The molecule has 1 atom stereocenters. The van der Waals surface area contributed by atoms with Crippen LogP contribution in [0.5, 0.6) is 0 Å². The number of fused-ring (bicyclic) bond motifs is 1. The average Bonchev–Trinajstić information content (AvgIpc) is 3.62. The summed E-state index contributed by atoms with van der Waals surface area (Å²) >= 11 is 1.21. The Bertz CT molecular complexity index is 1710. The van der Waals surface area contributed by atoms with Gasteiger partial charge in [0.1, 0.15) is 22.7 Å². The van der Waals surface area contributed by atoms with E-state index in [1.807, 2.05) is 38.1 Å². The van der Waals surface area contributed by atoms with Crippen LogP contribution in [0.2, 0.25) is 0 Å². The number of nitrogens with zero attached hydrogens (tertiary/aromatic N) is 3. The predicted molar refractivity (Wildman–Crippen MR) is 162 cm³/mol. The van der Waals surface area contributed by atoms with Crippen LogP contribution < -0.4 is 11.2 Å². The molecule has 230 valence electrons. The van der Waals surface area contributed by atoms with E-state index in [9.17, 15) is 19.5 Å². The molecule has 11 nitrogen and oxygen atoms in total. The van der Waals surface area contributed by atoms with E-state index in [2.05, 4.69) is 4.98 Å². The average molecular weight is 612 g/mol. The van der Waals surface area contributed by atoms with E-state index in [1.165, 1.54) is 42.2 Å². The first-order chi connectivity index (χ1) is 20.5. The largest absolute Gasteiger partial charge is 0.480 e. The second kappa shape index (κ2) is 12.6. The molecular weight excluding hydrogens is 574 g/mol. The number of rotatable bonds is 11. The number of hydrogen-bond donors (Lipinski definition) is 1. The van der Waals surface area contributed by atoms with Crippen LogP contribution in [0.1, 0.15) is 63.3 Å². The quantitative estimate of drug-likeness (QED) is 0.252. The third-order valence-electron chi connectivity index (χ3n) is 7.77. The standard InChI is InChI=1S/C31H37N3O8S/c1-18(2)41-17-20-8-6-7-9-22(20)23(42-21-10-13-39-14-11-21)16-33-28-24(19(3)25(43-28)26-32-12-15-40-26)27(35)34(30(33)38)31(4,5)29(36)37/h6-9,12,15,18,21,23H,10-11,13-14,16-17H2,1-5H3,(H,36,37)/t23-/m1/s1. The van der Waals surface area contributed by atoms with Crippen molar-refractivity contribution in [2.75, 3.05) is 13.2 Å². The number of aromatic nitrogens is 3. The third-order valence-corrected chi connectivity index (χ3v) is 9.07. The highest BCUT2D eigenvalue weighted by atomic mass is 32.1. The van der Waals surface area contributed by atoms with Gasteiger partial charge >= 0.3 is 11.7 Å². The molecule has 1 N–H and O–H groups in total. The molecule has 0 unspecified atom stereocenters. The molecule has 0 aliphatic carbocycles. The summed E-state index contributed by atoms with van der Waals surface area (Å²) in [4.78, 5) is 45.8. The van der Waals surface area contributed by atoms with E-state index in [0.717, 1.165) is 15.7 Å². The predicted octanol–water partition coefficient (Wildman–Crippen LogP) is 4.87. The van der Waals surface area contributed by atoms with E-state index in [4.69, 9.17) is 18.6 Å². The molecule has 1 aliphatic rings. The maximum absolute atomic E-state index is 14.3. The van der Waals surface area contributed by atoms with E-state index in [1.54, 1.807) is 6.92 Å². The van der Waals surface area contributed by atoms with Crippen LogP contribution in [0.3, 0.4) is 0 Å². The van der Waals surface area contributed by atoms with Crippen molar-refractivity contribution in [3.63, 3.8) is 0 Å². The van der Waals surface area contributed by atoms with Gasteiger partial charge in [-0.05, 0) is 64.2 Å². The lowest BCUT2D eigenvalue weighted by molar-refractivity contribution is -0.146. The van der Waals surface area contributed by atoms with Crippen LogP contribution >= 0.6 is 11.3 Å². The summed E-state index contributed by atoms with van der Waals surface area (Å²) in [6, 6.07) is 7.78. The van der Waals surface area contributed by atoms with Gasteiger partial charge in [-0.2, -0.15) is 0 Å². The van der Waals surface area contributed by atoms with Crippen molar-refractivity contribution in [1.29, 1.82) is 0 Å². The van der Waals surface area contributed by atoms with Crippen molar-refractivity contribution in [1.82, 2.24) is 14.1 Å². The van der Waals surface area contributed by atoms with Gasteiger partial charge in [0, 0.05) is 13.2 Å². The number of carbonyl (C=O) groups is 1. The summed E-state index contributed by atoms with van der Waals surface area (Å²) in [6.07, 6.45) is 3.63. The Morgan fingerprint density at radius 1 is 1.21 bits per heavy atom. The molecule has 0 bridgehead atoms. The lowest BCUT2D eigenvalue weighted by Gasteiger charge is -2.30. The van der Waals surface area contributed by atoms with Crippen molar-refractivity contribution >= 4 is 27.5 Å². The lowest BCUT2D eigenvalue weighted by Crippen LogP contribution is -2.52. The molecule has 3 aromatic heterocycles. The fraction of sp³-hybridized carbons (Fsp3) is 0.484. The lowest BCUT2D eigenvalue weighted by atomic mass is 10.0. The molecule has 0 spiro atoms. The Hall–Kier alpha value is -3.58. The third kappa shape index (κ3) is 6.10. The highest BCUT2D eigenvalue weighted by Gasteiger charge is 2.36. The number of aryl methyl sites for hydroxylation is 1. The fourth-order valence-electron chi connectivity index (χ4n) is 5.30. The number of carboxylic acids is 1. The Balaban J connectivity index is 1.73. The summed E-state index contributed by atoms with van der Waals surface area (Å²) in [7, 11) is 0. The van der Waals surface area contributed by atoms with Gasteiger partial charge in [0.05, 0.1) is 41.8 Å². The summed E-state index contributed by atoms with van der Waals surface area (Å²) in [6.45, 7) is 9.90. The molecule has 0 radical (unpaired) electrons. The number of hydrogen-bond acceptors (Lipinski definition) is 9. The Morgan fingerprint density at radius 3 is 2.58 bits per heavy atom.